The van der Waals surface area contributed by atoms with Crippen LogP contribution in [0.4, 0.5) is 0 Å². The number of para-hydroxylation sites is 1. The molecule has 2 aliphatic rings. The van der Waals surface area contributed by atoms with Crippen LogP contribution in [0.25, 0.3) is 0 Å². The van der Waals surface area contributed by atoms with Crippen molar-refractivity contribution in [2.45, 2.75) is 24.7 Å². The molecule has 0 radical (unpaired) electrons. The zero-order chi connectivity index (χ0) is 20.6. The summed E-state index contributed by atoms with van der Waals surface area (Å²) < 4.78 is 34.1. The smallest absolute Gasteiger partial charge is 0.316 e. The van der Waals surface area contributed by atoms with E-state index in [9.17, 15) is 18.0 Å². The second kappa shape index (κ2) is 7.44. The van der Waals surface area contributed by atoms with Gasteiger partial charge in [-0.25, -0.2) is 0 Å². The molecule has 1 unspecified atom stereocenters. The van der Waals surface area contributed by atoms with Gasteiger partial charge in [0.2, 0.25) is 0 Å². The highest BCUT2D eigenvalue weighted by atomic mass is 32.2. The molecule has 150 valence electrons. The first-order chi connectivity index (χ1) is 13.9. The van der Waals surface area contributed by atoms with Crippen molar-refractivity contribution in [3.63, 3.8) is 0 Å². The van der Waals surface area contributed by atoms with Gasteiger partial charge in [0.05, 0.1) is 11.5 Å². The number of carbonyl (C=O) groups excluding carboxylic acids is 2. The molecule has 0 N–H and O–H groups in total. The Morgan fingerprint density at radius 2 is 1.83 bits per heavy atom. The molecule has 2 aromatic rings. The van der Waals surface area contributed by atoms with E-state index in [1.54, 1.807) is 42.5 Å². The van der Waals surface area contributed by atoms with Gasteiger partial charge in [0.25, 0.3) is 10.0 Å². The Morgan fingerprint density at radius 1 is 1.10 bits per heavy atom. The Labute approximate surface area is 169 Å². The molecule has 8 heteroatoms. The Hall–Kier alpha value is -3.00. The minimum Gasteiger partial charge on any atom is -0.425 e. The van der Waals surface area contributed by atoms with Gasteiger partial charge in [-0.3, -0.25) is 9.59 Å². The molecule has 2 heterocycles. The van der Waals surface area contributed by atoms with Crippen LogP contribution in [0.2, 0.25) is 0 Å². The summed E-state index contributed by atoms with van der Waals surface area (Å²) in [6, 6.07) is 13.3. The average molecular weight is 412 g/mol. The molecule has 29 heavy (non-hydrogen) atoms. The number of ketones is 1. The third kappa shape index (κ3) is 3.67. The van der Waals surface area contributed by atoms with Crippen molar-refractivity contribution in [3.05, 3.63) is 59.7 Å². The largest absolute Gasteiger partial charge is 0.425 e. The average Bonchev–Trinajstić information content (AvgIpc) is 3.00. The zero-order valence-electron chi connectivity index (χ0n) is 15.9. The number of piperidine rings is 1. The molecule has 1 saturated heterocycles. The monoisotopic (exact) mass is 412 g/mol. The van der Waals surface area contributed by atoms with E-state index in [2.05, 4.69) is 4.40 Å². The van der Waals surface area contributed by atoms with Gasteiger partial charge in [-0.1, -0.05) is 24.3 Å². The predicted molar refractivity (Wildman–Crippen MR) is 107 cm³/mol. The molecule has 7 nitrogen and oxygen atoms in total. The maximum absolute atomic E-state index is 12.8. The fraction of sp³-hybridized carbons (Fsp3) is 0.286. The second-order valence-electron chi connectivity index (χ2n) is 7.14. The molecule has 1 fully saturated rings. The fourth-order valence-electron chi connectivity index (χ4n) is 3.72. The summed E-state index contributed by atoms with van der Waals surface area (Å²) >= 11 is 0. The van der Waals surface area contributed by atoms with Gasteiger partial charge in [0.1, 0.15) is 10.6 Å². The molecule has 2 aromatic carbocycles. The number of carbonyl (C=O) groups is 2. The van der Waals surface area contributed by atoms with Crippen LogP contribution in [0.15, 0.2) is 57.8 Å². The normalized spacial score (nSPS) is 20.0. The lowest BCUT2D eigenvalue weighted by atomic mass is 9.97. The van der Waals surface area contributed by atoms with Gasteiger partial charge in [-0.15, -0.1) is 4.40 Å². The van der Waals surface area contributed by atoms with Crippen LogP contribution in [0.3, 0.4) is 0 Å². The van der Waals surface area contributed by atoms with Crippen molar-refractivity contribution in [1.82, 2.24) is 4.90 Å². The molecule has 0 spiro atoms. The van der Waals surface area contributed by atoms with Crippen LogP contribution in [-0.2, 0) is 14.8 Å². The van der Waals surface area contributed by atoms with Gasteiger partial charge >= 0.3 is 5.97 Å². The minimum atomic E-state index is -3.71. The molecule has 0 aliphatic carbocycles. The summed E-state index contributed by atoms with van der Waals surface area (Å²) in [7, 11) is -3.71. The van der Waals surface area contributed by atoms with Crippen LogP contribution < -0.4 is 4.74 Å². The molecular weight excluding hydrogens is 392 g/mol. The van der Waals surface area contributed by atoms with Crippen molar-refractivity contribution < 1.29 is 22.7 Å². The highest BCUT2D eigenvalue weighted by Crippen LogP contribution is 2.30. The van der Waals surface area contributed by atoms with Crippen LogP contribution in [-0.4, -0.2) is 44.0 Å². The summed E-state index contributed by atoms with van der Waals surface area (Å²) in [5, 5.41) is 0. The Morgan fingerprint density at radius 3 is 2.62 bits per heavy atom. The molecular formula is C21H20N2O5S. The van der Waals surface area contributed by atoms with Crippen molar-refractivity contribution in [2.75, 3.05) is 13.1 Å². The van der Waals surface area contributed by atoms with Crippen LogP contribution in [0, 0.1) is 5.92 Å². The number of sulfonamides is 1. The van der Waals surface area contributed by atoms with Crippen molar-refractivity contribution >= 4 is 27.6 Å². The SMILES string of the molecule is CC(=O)c1ccccc1OC(=O)C1CCCN(C2=NS(=O)(=O)c3ccccc32)C1. The number of amidine groups is 1. The van der Waals surface area contributed by atoms with Crippen molar-refractivity contribution in [1.29, 1.82) is 0 Å². The van der Waals surface area contributed by atoms with E-state index in [-0.39, 0.29) is 16.4 Å². The maximum atomic E-state index is 12.8. The Balaban J connectivity index is 1.54. The summed E-state index contributed by atoms with van der Waals surface area (Å²) in [5.74, 6) is -0.434. The number of fused-ring (bicyclic) bond motifs is 1. The Kier molecular flexibility index (Phi) is 4.96. The lowest BCUT2D eigenvalue weighted by molar-refractivity contribution is -0.140. The second-order valence-corrected chi connectivity index (χ2v) is 8.72. The summed E-state index contributed by atoms with van der Waals surface area (Å²) in [6.07, 6.45) is 1.33. The third-order valence-electron chi connectivity index (χ3n) is 5.14. The van der Waals surface area contributed by atoms with Crippen LogP contribution in [0.1, 0.15) is 35.7 Å². The van der Waals surface area contributed by atoms with E-state index < -0.39 is 21.9 Å². The van der Waals surface area contributed by atoms with Gasteiger partial charge in [-0.2, -0.15) is 8.42 Å². The molecule has 1 atom stereocenters. The quantitative estimate of drug-likeness (QED) is 0.437. The van der Waals surface area contributed by atoms with Crippen molar-refractivity contribution in [3.8, 4) is 5.75 Å². The van der Waals surface area contributed by atoms with Gasteiger partial charge < -0.3 is 9.64 Å². The molecule has 0 aromatic heterocycles. The number of rotatable bonds is 3. The third-order valence-corrected chi connectivity index (χ3v) is 6.47. The lowest BCUT2D eigenvalue weighted by Crippen LogP contribution is -2.43. The van der Waals surface area contributed by atoms with E-state index in [1.807, 2.05) is 4.90 Å². The highest BCUT2D eigenvalue weighted by Gasteiger charge is 2.35. The summed E-state index contributed by atoms with van der Waals surface area (Å²) in [6.45, 7) is 2.34. The molecule has 2 aliphatic heterocycles. The number of ether oxygens (including phenoxy) is 1. The van der Waals surface area contributed by atoms with E-state index in [1.165, 1.54) is 13.0 Å². The lowest BCUT2D eigenvalue weighted by Gasteiger charge is -2.32. The number of likely N-dealkylation sites (tertiary alicyclic amines) is 1. The number of nitrogens with zero attached hydrogens (tertiary/aromatic N) is 2. The fourth-order valence-corrected chi connectivity index (χ4v) is 4.94. The first-order valence-electron chi connectivity index (χ1n) is 9.38. The zero-order valence-corrected chi connectivity index (χ0v) is 16.7. The Bertz CT molecular complexity index is 1120. The maximum Gasteiger partial charge on any atom is 0.316 e. The number of hydrogen-bond acceptors (Lipinski definition) is 6. The van der Waals surface area contributed by atoms with Gasteiger partial charge in [-0.05, 0) is 44.0 Å². The summed E-state index contributed by atoms with van der Waals surface area (Å²) in [4.78, 5) is 26.5. The van der Waals surface area contributed by atoms with Gasteiger partial charge in [0.15, 0.2) is 11.6 Å². The number of Topliss-reactive ketones (excluding diaryl/α,β-unsaturated/α-hetero) is 1. The highest BCUT2D eigenvalue weighted by molar-refractivity contribution is 7.90. The van der Waals surface area contributed by atoms with Crippen LogP contribution >= 0.6 is 0 Å². The number of esters is 1. The van der Waals surface area contributed by atoms with Crippen LogP contribution in [0.5, 0.6) is 5.75 Å². The first kappa shape index (κ1) is 19.3. The molecule has 0 bridgehead atoms. The summed E-state index contributed by atoms with van der Waals surface area (Å²) in [5.41, 5.74) is 0.914. The van der Waals surface area contributed by atoms with E-state index in [4.69, 9.17) is 4.74 Å². The van der Waals surface area contributed by atoms with Crippen molar-refractivity contribution in [2.24, 2.45) is 10.3 Å². The standard InChI is InChI=1S/C21H20N2O5S/c1-14(24)16-8-2-4-10-18(16)28-21(25)15-7-6-12-23(13-15)20-17-9-3-5-11-19(17)29(26,27)22-20/h2-5,8-11,15H,6-7,12-13H2,1H3. The van der Waals surface area contributed by atoms with Gasteiger partial charge in [0, 0.05) is 18.7 Å². The number of hydrogen-bond donors (Lipinski definition) is 0. The molecule has 0 saturated carbocycles. The molecule has 4 rings (SSSR count). The minimum absolute atomic E-state index is 0.180. The topological polar surface area (TPSA) is 93.1 Å². The number of benzene rings is 2. The van der Waals surface area contributed by atoms with E-state index in [0.717, 1.165) is 0 Å². The van der Waals surface area contributed by atoms with E-state index in [0.29, 0.717) is 42.9 Å². The predicted octanol–water partition coefficient (Wildman–Crippen LogP) is 2.66. The van der Waals surface area contributed by atoms with E-state index >= 15 is 0 Å². The first-order valence-corrected chi connectivity index (χ1v) is 10.8. The molecule has 0 amide bonds.